The smallest absolute Gasteiger partial charge is 0.167 e. The Morgan fingerprint density at radius 3 is 2.60 bits per heavy atom. The third-order valence-corrected chi connectivity index (χ3v) is 4.57. The molecule has 0 saturated carbocycles. The summed E-state index contributed by atoms with van der Waals surface area (Å²) in [5.41, 5.74) is 1.06. The topological polar surface area (TPSA) is 53.3 Å². The van der Waals surface area contributed by atoms with Crippen molar-refractivity contribution in [3.8, 4) is 6.07 Å². The van der Waals surface area contributed by atoms with Gasteiger partial charge in [-0.1, -0.05) is 18.2 Å². The fraction of sp³-hybridized carbons (Fsp3) is 0.500. The van der Waals surface area contributed by atoms with Gasteiger partial charge in [0.05, 0.1) is 24.8 Å². The summed E-state index contributed by atoms with van der Waals surface area (Å²) in [5.74, 6) is 0.131. The standard InChI is InChI=1S/C16H18N2O2/c1-18-13-6-12(7-14(18)10-20-9-13)16(19)15-5-3-2-4-11(15)8-17/h2-5,12-14H,6-7,9-10H2,1H3. The van der Waals surface area contributed by atoms with Gasteiger partial charge in [-0.15, -0.1) is 0 Å². The molecule has 1 aromatic rings. The highest BCUT2D eigenvalue weighted by atomic mass is 16.5. The highest BCUT2D eigenvalue weighted by molar-refractivity contribution is 6.00. The van der Waals surface area contributed by atoms with Crippen molar-refractivity contribution in [2.24, 2.45) is 5.92 Å². The number of benzene rings is 1. The van der Waals surface area contributed by atoms with Gasteiger partial charge in [0.15, 0.2) is 5.78 Å². The molecule has 4 nitrogen and oxygen atoms in total. The molecule has 104 valence electrons. The van der Waals surface area contributed by atoms with Gasteiger partial charge in [0.1, 0.15) is 0 Å². The number of nitriles is 1. The number of carbonyl (C=O) groups is 1. The van der Waals surface area contributed by atoms with Crippen LogP contribution in [0, 0.1) is 17.2 Å². The molecule has 1 aromatic carbocycles. The van der Waals surface area contributed by atoms with E-state index < -0.39 is 0 Å². The molecule has 2 heterocycles. The number of likely N-dealkylation sites (N-methyl/N-ethyl adjacent to an activating group) is 1. The van der Waals surface area contributed by atoms with E-state index in [1.54, 1.807) is 18.2 Å². The van der Waals surface area contributed by atoms with E-state index in [1.165, 1.54) is 0 Å². The second-order valence-electron chi connectivity index (χ2n) is 5.70. The monoisotopic (exact) mass is 270 g/mol. The first-order chi connectivity index (χ1) is 9.70. The van der Waals surface area contributed by atoms with Gasteiger partial charge in [0.25, 0.3) is 0 Å². The average Bonchev–Trinajstić information content (AvgIpc) is 2.46. The predicted octanol–water partition coefficient (Wildman–Crippen LogP) is 1.85. The van der Waals surface area contributed by atoms with Crippen LogP contribution in [0.3, 0.4) is 0 Å². The van der Waals surface area contributed by atoms with Crippen LogP contribution in [-0.2, 0) is 4.74 Å². The molecule has 2 unspecified atom stereocenters. The molecule has 0 radical (unpaired) electrons. The van der Waals surface area contributed by atoms with Gasteiger partial charge in [-0.2, -0.15) is 5.26 Å². The number of hydrogen-bond donors (Lipinski definition) is 0. The lowest BCUT2D eigenvalue weighted by Gasteiger charge is -2.46. The zero-order valence-corrected chi connectivity index (χ0v) is 11.6. The van der Waals surface area contributed by atoms with Crippen molar-refractivity contribution >= 4 is 5.78 Å². The molecular weight excluding hydrogens is 252 g/mol. The minimum atomic E-state index is 0.0135. The molecule has 0 aliphatic carbocycles. The third kappa shape index (κ3) is 2.24. The first-order valence-electron chi connectivity index (χ1n) is 7.03. The van der Waals surface area contributed by atoms with E-state index in [0.717, 1.165) is 12.8 Å². The molecule has 2 bridgehead atoms. The second kappa shape index (κ2) is 5.35. The van der Waals surface area contributed by atoms with Gasteiger partial charge in [-0.25, -0.2) is 0 Å². The maximum absolute atomic E-state index is 12.7. The summed E-state index contributed by atoms with van der Waals surface area (Å²) in [4.78, 5) is 15.0. The Balaban J connectivity index is 1.83. The fourth-order valence-corrected chi connectivity index (χ4v) is 3.32. The summed E-state index contributed by atoms with van der Waals surface area (Å²) < 4.78 is 5.58. The van der Waals surface area contributed by atoms with Crippen LogP contribution in [0.2, 0.25) is 0 Å². The maximum atomic E-state index is 12.7. The van der Waals surface area contributed by atoms with E-state index in [1.807, 2.05) is 6.07 Å². The number of fused-ring (bicyclic) bond motifs is 2. The number of Topliss-reactive ketones (excluding diaryl/α,β-unsaturated/α-hetero) is 1. The first-order valence-corrected chi connectivity index (χ1v) is 7.03. The summed E-state index contributed by atoms with van der Waals surface area (Å²) in [6.07, 6.45) is 1.65. The number of ether oxygens (including phenoxy) is 1. The maximum Gasteiger partial charge on any atom is 0.167 e. The van der Waals surface area contributed by atoms with Gasteiger partial charge < -0.3 is 4.74 Å². The van der Waals surface area contributed by atoms with Crippen LogP contribution < -0.4 is 0 Å². The summed E-state index contributed by atoms with van der Waals surface area (Å²) in [6, 6.07) is 9.88. The lowest BCUT2D eigenvalue weighted by molar-refractivity contribution is -0.0702. The van der Waals surface area contributed by atoms with Gasteiger partial charge in [0.2, 0.25) is 0 Å². The number of nitrogens with zero attached hydrogens (tertiary/aromatic N) is 2. The van der Waals surface area contributed by atoms with E-state index in [2.05, 4.69) is 18.0 Å². The Morgan fingerprint density at radius 2 is 1.95 bits per heavy atom. The molecule has 0 amide bonds. The van der Waals surface area contributed by atoms with Crippen LogP contribution >= 0.6 is 0 Å². The van der Waals surface area contributed by atoms with Gasteiger partial charge in [-0.05, 0) is 26.0 Å². The third-order valence-electron chi connectivity index (χ3n) is 4.57. The van der Waals surface area contributed by atoms with Gasteiger partial charge in [0, 0.05) is 23.6 Å². The van der Waals surface area contributed by atoms with Crippen molar-refractivity contribution < 1.29 is 9.53 Å². The zero-order chi connectivity index (χ0) is 14.1. The molecule has 4 heteroatoms. The highest BCUT2D eigenvalue weighted by Crippen LogP contribution is 2.32. The molecule has 2 atom stereocenters. The number of hydrogen-bond acceptors (Lipinski definition) is 4. The van der Waals surface area contributed by atoms with Gasteiger partial charge in [-0.3, -0.25) is 9.69 Å². The molecule has 2 aliphatic heterocycles. The lowest BCUT2D eigenvalue weighted by atomic mass is 9.80. The molecule has 0 aromatic heterocycles. The SMILES string of the molecule is CN1C2COCC1CC(C(=O)c1ccccc1C#N)C2. The molecule has 2 fully saturated rings. The molecule has 3 rings (SSSR count). The Bertz CT molecular complexity index is 550. The number of ketones is 1. The van der Waals surface area contributed by atoms with Crippen molar-refractivity contribution in [3.63, 3.8) is 0 Å². The molecular formula is C16H18N2O2. The number of rotatable bonds is 2. The Morgan fingerprint density at radius 1 is 1.30 bits per heavy atom. The second-order valence-corrected chi connectivity index (χ2v) is 5.70. The van der Waals surface area contributed by atoms with Crippen LogP contribution in [-0.4, -0.2) is 43.0 Å². The summed E-state index contributed by atoms with van der Waals surface area (Å²) in [6.45, 7) is 1.41. The van der Waals surface area contributed by atoms with E-state index in [4.69, 9.17) is 10.00 Å². The van der Waals surface area contributed by atoms with E-state index in [-0.39, 0.29) is 11.7 Å². The van der Waals surface area contributed by atoms with E-state index in [9.17, 15) is 4.79 Å². The van der Waals surface area contributed by atoms with Crippen LogP contribution in [0.15, 0.2) is 24.3 Å². The molecule has 0 N–H and O–H groups in total. The summed E-state index contributed by atoms with van der Waals surface area (Å²) in [5, 5.41) is 9.14. The Kier molecular flexibility index (Phi) is 3.56. The number of morpholine rings is 1. The quantitative estimate of drug-likeness (QED) is 0.770. The molecule has 0 spiro atoms. The van der Waals surface area contributed by atoms with Crippen LogP contribution in [0.4, 0.5) is 0 Å². The van der Waals surface area contributed by atoms with Gasteiger partial charge >= 0.3 is 0 Å². The van der Waals surface area contributed by atoms with Crippen molar-refractivity contribution in [1.29, 1.82) is 5.26 Å². The number of piperidine rings is 1. The molecule has 2 aliphatic rings. The minimum absolute atomic E-state index is 0.0135. The van der Waals surface area contributed by atoms with Crippen LogP contribution in [0.25, 0.3) is 0 Å². The highest BCUT2D eigenvalue weighted by Gasteiger charge is 2.39. The number of carbonyl (C=O) groups excluding carboxylic acids is 1. The zero-order valence-electron chi connectivity index (χ0n) is 11.6. The lowest BCUT2D eigenvalue weighted by Crippen LogP contribution is -2.55. The van der Waals surface area contributed by atoms with Crippen molar-refractivity contribution in [2.45, 2.75) is 24.9 Å². The molecule has 20 heavy (non-hydrogen) atoms. The summed E-state index contributed by atoms with van der Waals surface area (Å²) in [7, 11) is 2.11. The normalized spacial score (nSPS) is 29.7. The van der Waals surface area contributed by atoms with Crippen molar-refractivity contribution in [3.05, 3.63) is 35.4 Å². The van der Waals surface area contributed by atoms with E-state index >= 15 is 0 Å². The fourth-order valence-electron chi connectivity index (χ4n) is 3.32. The Labute approximate surface area is 118 Å². The first kappa shape index (κ1) is 13.3. The Hall–Kier alpha value is -1.70. The summed E-state index contributed by atoms with van der Waals surface area (Å²) >= 11 is 0. The largest absolute Gasteiger partial charge is 0.378 e. The van der Waals surface area contributed by atoms with Crippen molar-refractivity contribution in [2.75, 3.05) is 20.3 Å². The van der Waals surface area contributed by atoms with Crippen molar-refractivity contribution in [1.82, 2.24) is 4.90 Å². The minimum Gasteiger partial charge on any atom is -0.378 e. The van der Waals surface area contributed by atoms with Crippen LogP contribution in [0.1, 0.15) is 28.8 Å². The van der Waals surface area contributed by atoms with E-state index in [0.29, 0.717) is 36.4 Å². The molecule has 2 saturated heterocycles. The average molecular weight is 270 g/mol. The predicted molar refractivity (Wildman–Crippen MR) is 74.4 cm³/mol. The van der Waals surface area contributed by atoms with Crippen LogP contribution in [0.5, 0.6) is 0 Å².